The summed E-state index contributed by atoms with van der Waals surface area (Å²) in [6.45, 7) is 3.92. The van der Waals surface area contributed by atoms with E-state index in [-0.39, 0.29) is 5.91 Å². The molecule has 1 N–H and O–H groups in total. The van der Waals surface area contributed by atoms with Crippen molar-refractivity contribution in [1.29, 1.82) is 0 Å². The van der Waals surface area contributed by atoms with Gasteiger partial charge in [0.15, 0.2) is 0 Å². The van der Waals surface area contributed by atoms with Gasteiger partial charge in [-0.15, -0.1) is 0 Å². The van der Waals surface area contributed by atoms with Crippen molar-refractivity contribution in [3.05, 3.63) is 81.4 Å². The molecule has 0 saturated carbocycles. The average molecular weight is 387 g/mol. The molecule has 1 aromatic carbocycles. The molecule has 0 aliphatic rings. The van der Waals surface area contributed by atoms with E-state index in [0.29, 0.717) is 15.6 Å². The van der Waals surface area contributed by atoms with Gasteiger partial charge in [-0.05, 0) is 50.2 Å². The predicted molar refractivity (Wildman–Crippen MR) is 105 cm³/mol. The van der Waals surface area contributed by atoms with E-state index in [1.54, 1.807) is 42.9 Å². The topological polar surface area (TPSA) is 59.3 Å². The standard InChI is InChI=1S/C19H16Cl2N4O/c1-12-9-15(11-23-24-19(26)14-5-7-22-8-6-14)13(2)25(12)18-10-16(20)3-4-17(18)21/h3-11H,1-2H3,(H,24,26)/b23-11-. The van der Waals surface area contributed by atoms with Gasteiger partial charge in [-0.3, -0.25) is 9.78 Å². The first-order chi connectivity index (χ1) is 12.5. The van der Waals surface area contributed by atoms with Crippen LogP contribution in [0.1, 0.15) is 27.3 Å². The zero-order valence-electron chi connectivity index (χ0n) is 14.2. The zero-order chi connectivity index (χ0) is 18.7. The lowest BCUT2D eigenvalue weighted by atomic mass is 10.2. The number of hydrogen-bond donors (Lipinski definition) is 1. The number of hydrazone groups is 1. The first kappa shape index (κ1) is 18.2. The number of nitrogens with zero attached hydrogens (tertiary/aromatic N) is 3. The molecule has 26 heavy (non-hydrogen) atoms. The summed E-state index contributed by atoms with van der Waals surface area (Å²) in [7, 11) is 0. The smallest absolute Gasteiger partial charge is 0.271 e. The molecule has 0 aliphatic heterocycles. The largest absolute Gasteiger partial charge is 0.316 e. The van der Waals surface area contributed by atoms with Crippen LogP contribution in [0.3, 0.4) is 0 Å². The molecule has 0 bridgehead atoms. The van der Waals surface area contributed by atoms with Crippen molar-refractivity contribution in [2.75, 3.05) is 0 Å². The molecule has 0 saturated heterocycles. The number of pyridine rings is 1. The fourth-order valence-electron chi connectivity index (χ4n) is 2.67. The Morgan fingerprint density at radius 2 is 1.88 bits per heavy atom. The maximum atomic E-state index is 12.0. The van der Waals surface area contributed by atoms with E-state index in [1.165, 1.54) is 0 Å². The van der Waals surface area contributed by atoms with Gasteiger partial charge in [-0.25, -0.2) is 5.43 Å². The van der Waals surface area contributed by atoms with Gasteiger partial charge >= 0.3 is 0 Å². The molecule has 3 aromatic rings. The van der Waals surface area contributed by atoms with E-state index in [0.717, 1.165) is 22.6 Å². The number of halogens is 2. The van der Waals surface area contributed by atoms with Gasteiger partial charge in [0.1, 0.15) is 0 Å². The third kappa shape index (κ3) is 3.79. The molecule has 2 aromatic heterocycles. The number of carbonyl (C=O) groups excluding carboxylic acids is 1. The highest BCUT2D eigenvalue weighted by Gasteiger charge is 2.13. The Morgan fingerprint density at radius 3 is 2.62 bits per heavy atom. The van der Waals surface area contributed by atoms with Crippen LogP contribution < -0.4 is 5.43 Å². The number of nitrogens with one attached hydrogen (secondary N) is 1. The molecule has 5 nitrogen and oxygen atoms in total. The number of benzene rings is 1. The summed E-state index contributed by atoms with van der Waals surface area (Å²) in [5.41, 5.74) is 6.59. The van der Waals surface area contributed by atoms with E-state index in [1.807, 2.05) is 30.5 Å². The van der Waals surface area contributed by atoms with Crippen LogP contribution in [0.2, 0.25) is 10.0 Å². The molecular weight excluding hydrogens is 371 g/mol. The van der Waals surface area contributed by atoms with Crippen molar-refractivity contribution in [3.63, 3.8) is 0 Å². The van der Waals surface area contributed by atoms with Crippen molar-refractivity contribution in [2.45, 2.75) is 13.8 Å². The minimum atomic E-state index is -0.296. The Hall–Kier alpha value is -2.63. The maximum absolute atomic E-state index is 12.0. The van der Waals surface area contributed by atoms with Crippen LogP contribution in [0.5, 0.6) is 0 Å². The van der Waals surface area contributed by atoms with E-state index in [9.17, 15) is 4.79 Å². The number of carbonyl (C=O) groups is 1. The Kier molecular flexibility index (Phi) is 5.40. The van der Waals surface area contributed by atoms with Gasteiger partial charge in [-0.1, -0.05) is 23.2 Å². The quantitative estimate of drug-likeness (QED) is 0.527. The van der Waals surface area contributed by atoms with E-state index >= 15 is 0 Å². The molecule has 2 heterocycles. The predicted octanol–water partition coefficient (Wildman–Crippen LogP) is 4.56. The van der Waals surface area contributed by atoms with Gasteiger partial charge in [0.05, 0.1) is 16.9 Å². The second kappa shape index (κ2) is 7.72. The summed E-state index contributed by atoms with van der Waals surface area (Å²) in [5.74, 6) is -0.296. The summed E-state index contributed by atoms with van der Waals surface area (Å²) in [5, 5.41) is 5.26. The van der Waals surface area contributed by atoms with Gasteiger partial charge in [-0.2, -0.15) is 5.10 Å². The molecule has 0 radical (unpaired) electrons. The SMILES string of the molecule is Cc1cc(/C=N\NC(=O)c2ccncc2)c(C)n1-c1cc(Cl)ccc1Cl. The van der Waals surface area contributed by atoms with Crippen molar-refractivity contribution in [3.8, 4) is 5.69 Å². The number of aromatic nitrogens is 2. The van der Waals surface area contributed by atoms with Crippen LogP contribution in [0.4, 0.5) is 0 Å². The van der Waals surface area contributed by atoms with Crippen LogP contribution in [0, 0.1) is 13.8 Å². The van der Waals surface area contributed by atoms with Crippen LogP contribution in [-0.4, -0.2) is 21.7 Å². The third-order valence-electron chi connectivity index (χ3n) is 3.93. The first-order valence-electron chi connectivity index (χ1n) is 7.85. The van der Waals surface area contributed by atoms with Crippen molar-refractivity contribution >= 4 is 35.3 Å². The van der Waals surface area contributed by atoms with E-state index in [2.05, 4.69) is 15.5 Å². The van der Waals surface area contributed by atoms with Crippen LogP contribution >= 0.6 is 23.2 Å². The second-order valence-electron chi connectivity index (χ2n) is 5.69. The highest BCUT2D eigenvalue weighted by Crippen LogP contribution is 2.28. The van der Waals surface area contributed by atoms with Crippen LogP contribution in [0.25, 0.3) is 5.69 Å². The monoisotopic (exact) mass is 386 g/mol. The Morgan fingerprint density at radius 1 is 1.15 bits per heavy atom. The lowest BCUT2D eigenvalue weighted by molar-refractivity contribution is 0.0955. The summed E-state index contributed by atoms with van der Waals surface area (Å²) in [6, 6.07) is 10.5. The summed E-state index contributed by atoms with van der Waals surface area (Å²) < 4.78 is 2.00. The summed E-state index contributed by atoms with van der Waals surface area (Å²) >= 11 is 12.4. The normalized spacial score (nSPS) is 11.1. The fraction of sp³-hybridized carbons (Fsp3) is 0.105. The lowest BCUT2D eigenvalue weighted by Crippen LogP contribution is -2.17. The fourth-order valence-corrected chi connectivity index (χ4v) is 3.04. The number of rotatable bonds is 4. The molecular formula is C19H16Cl2N4O. The summed E-state index contributed by atoms with van der Waals surface area (Å²) in [6.07, 6.45) is 4.72. The minimum Gasteiger partial charge on any atom is -0.316 e. The van der Waals surface area contributed by atoms with E-state index in [4.69, 9.17) is 23.2 Å². The molecule has 0 unspecified atom stereocenters. The molecule has 7 heteroatoms. The van der Waals surface area contributed by atoms with Crippen LogP contribution in [0.15, 0.2) is 53.9 Å². The van der Waals surface area contributed by atoms with Gasteiger partial charge in [0.2, 0.25) is 0 Å². The Bertz CT molecular complexity index is 981. The molecule has 3 rings (SSSR count). The Balaban J connectivity index is 1.84. The molecule has 132 valence electrons. The summed E-state index contributed by atoms with van der Waals surface area (Å²) in [4.78, 5) is 15.9. The van der Waals surface area contributed by atoms with Crippen molar-refractivity contribution in [1.82, 2.24) is 15.0 Å². The molecule has 0 spiro atoms. The number of amides is 1. The zero-order valence-corrected chi connectivity index (χ0v) is 15.7. The average Bonchev–Trinajstić information content (AvgIpc) is 2.91. The lowest BCUT2D eigenvalue weighted by Gasteiger charge is -2.12. The van der Waals surface area contributed by atoms with Crippen molar-refractivity contribution in [2.24, 2.45) is 5.10 Å². The van der Waals surface area contributed by atoms with Crippen LogP contribution in [-0.2, 0) is 0 Å². The Labute approximate surface area is 161 Å². The van der Waals surface area contributed by atoms with Gasteiger partial charge in [0, 0.05) is 39.9 Å². The highest BCUT2D eigenvalue weighted by atomic mass is 35.5. The van der Waals surface area contributed by atoms with Crippen molar-refractivity contribution < 1.29 is 4.79 Å². The highest BCUT2D eigenvalue weighted by molar-refractivity contribution is 6.34. The van der Waals surface area contributed by atoms with Gasteiger partial charge < -0.3 is 4.57 Å². The first-order valence-corrected chi connectivity index (χ1v) is 8.61. The number of aryl methyl sites for hydroxylation is 1. The maximum Gasteiger partial charge on any atom is 0.271 e. The molecule has 0 fully saturated rings. The third-order valence-corrected chi connectivity index (χ3v) is 4.49. The molecule has 1 amide bonds. The number of hydrogen-bond acceptors (Lipinski definition) is 3. The molecule has 0 aliphatic carbocycles. The molecule has 0 atom stereocenters. The van der Waals surface area contributed by atoms with Gasteiger partial charge in [0.25, 0.3) is 5.91 Å². The second-order valence-corrected chi connectivity index (χ2v) is 6.54. The van der Waals surface area contributed by atoms with E-state index < -0.39 is 0 Å². The minimum absolute atomic E-state index is 0.296.